The van der Waals surface area contributed by atoms with Crippen molar-refractivity contribution in [1.29, 1.82) is 0 Å². The van der Waals surface area contributed by atoms with Crippen LogP contribution in [0.3, 0.4) is 0 Å². The van der Waals surface area contributed by atoms with Gasteiger partial charge >= 0.3 is 0 Å². The Morgan fingerprint density at radius 2 is 1.88 bits per heavy atom. The van der Waals surface area contributed by atoms with Crippen molar-refractivity contribution in [1.82, 2.24) is 15.6 Å². The molecule has 0 spiro atoms. The molecular formula is C29H43F2N3. The van der Waals surface area contributed by atoms with Crippen molar-refractivity contribution >= 4 is 11.4 Å². The Bertz CT molecular complexity index is 1020. The minimum absolute atomic E-state index is 0.355. The van der Waals surface area contributed by atoms with E-state index in [-0.39, 0.29) is 0 Å². The zero-order chi connectivity index (χ0) is 25.1. The molecule has 0 aliphatic carbocycles. The lowest BCUT2D eigenvalue weighted by Crippen LogP contribution is -2.38. The fraction of sp³-hybridized carbons (Fsp3) is 0.552. The van der Waals surface area contributed by atoms with Gasteiger partial charge in [0, 0.05) is 53.1 Å². The summed E-state index contributed by atoms with van der Waals surface area (Å²) in [7, 11) is 0. The smallest absolute Gasteiger partial charge is 0.132 e. The third-order valence-electron chi connectivity index (χ3n) is 6.48. The second kappa shape index (κ2) is 14.1. The first-order valence-electron chi connectivity index (χ1n) is 13.1. The summed E-state index contributed by atoms with van der Waals surface area (Å²) in [4.78, 5) is 4.38. The van der Waals surface area contributed by atoms with Gasteiger partial charge in [0.2, 0.25) is 0 Å². The number of nitrogens with one attached hydrogen (secondary N) is 2. The fourth-order valence-electron chi connectivity index (χ4n) is 4.37. The highest BCUT2D eigenvalue weighted by atomic mass is 19.1. The number of hydrogen-bond donors (Lipinski definition) is 2. The van der Waals surface area contributed by atoms with Gasteiger partial charge in [-0.3, -0.25) is 4.98 Å². The van der Waals surface area contributed by atoms with Crippen molar-refractivity contribution in [3.8, 4) is 0 Å². The highest BCUT2D eigenvalue weighted by Crippen LogP contribution is 2.23. The van der Waals surface area contributed by atoms with Crippen LogP contribution in [0.4, 0.5) is 8.78 Å². The molecular weight excluding hydrogens is 428 g/mol. The number of unbranched alkanes of at least 4 members (excludes halogenated alkanes) is 1. The molecule has 188 valence electrons. The molecule has 3 nitrogen and oxygen atoms in total. The Labute approximate surface area is 204 Å². The topological polar surface area (TPSA) is 37.0 Å². The van der Waals surface area contributed by atoms with E-state index < -0.39 is 12.0 Å². The number of hydrogen-bond acceptors (Lipinski definition) is 3. The summed E-state index contributed by atoms with van der Waals surface area (Å²) in [6.07, 6.45) is 9.06. The van der Waals surface area contributed by atoms with Crippen LogP contribution < -0.4 is 21.1 Å². The molecule has 2 aromatic rings. The Hall–Kier alpha value is -2.43. The largest absolute Gasteiger partial charge is 0.385 e. The first kappa shape index (κ1) is 27.8. The molecule has 1 aromatic heterocycles. The molecule has 3 unspecified atom stereocenters. The van der Waals surface area contributed by atoms with Crippen LogP contribution in [0.1, 0.15) is 97.4 Å². The summed E-state index contributed by atoms with van der Waals surface area (Å²) in [6, 6.07) is 7.00. The number of pyridine rings is 1. The molecule has 2 N–H and O–H groups in total. The Morgan fingerprint density at radius 1 is 1.12 bits per heavy atom. The Kier molecular flexibility index (Phi) is 11.5. The lowest BCUT2D eigenvalue weighted by Gasteiger charge is -2.24. The number of fused-ring (bicyclic) bond motifs is 1. The maximum atomic E-state index is 15.0. The van der Waals surface area contributed by atoms with E-state index in [2.05, 4.69) is 36.4 Å². The summed E-state index contributed by atoms with van der Waals surface area (Å²) in [5.41, 5.74) is 2.72. The van der Waals surface area contributed by atoms with Gasteiger partial charge in [-0.15, -0.1) is 0 Å². The van der Waals surface area contributed by atoms with Crippen molar-refractivity contribution in [2.45, 2.75) is 92.3 Å². The zero-order valence-electron chi connectivity index (χ0n) is 21.8. The highest BCUT2D eigenvalue weighted by Gasteiger charge is 2.18. The normalized spacial score (nSPS) is 15.8. The van der Waals surface area contributed by atoms with E-state index in [1.807, 2.05) is 26.1 Å². The third-order valence-corrected chi connectivity index (χ3v) is 6.48. The monoisotopic (exact) mass is 471 g/mol. The van der Waals surface area contributed by atoms with Crippen LogP contribution in [0, 0.1) is 11.7 Å². The van der Waals surface area contributed by atoms with Crippen LogP contribution in [0.5, 0.6) is 0 Å². The van der Waals surface area contributed by atoms with Gasteiger partial charge in [0.05, 0.1) is 5.70 Å². The Balaban J connectivity index is 0.00000199. The standard InChI is InChI=1S/C27H37F2N3.C2H6/c1-5-7-8-21(15-18(3)6-2)32-26-12-14-31-27(22-11-13-30-17-24(22)26)23-10-9-20(19(4)28)16-25(23)29;1-2/h9-11,13,16-19,21,31-32H,5-8,12,14-15H2,1-4H3;1-2H3. The predicted octanol–water partition coefficient (Wildman–Crippen LogP) is 6.12. The number of aromatic nitrogens is 1. The maximum absolute atomic E-state index is 15.0. The zero-order valence-corrected chi connectivity index (χ0v) is 21.8. The molecule has 34 heavy (non-hydrogen) atoms. The van der Waals surface area contributed by atoms with Crippen LogP contribution in [0.25, 0.3) is 11.4 Å². The van der Waals surface area contributed by atoms with Gasteiger partial charge in [-0.25, -0.2) is 8.78 Å². The molecule has 1 aliphatic heterocycles. The van der Waals surface area contributed by atoms with E-state index in [9.17, 15) is 8.78 Å². The highest BCUT2D eigenvalue weighted by molar-refractivity contribution is 5.66. The van der Waals surface area contributed by atoms with Gasteiger partial charge in [0.1, 0.15) is 12.0 Å². The number of benzene rings is 1. The molecule has 3 atom stereocenters. The molecule has 0 saturated carbocycles. The summed E-state index contributed by atoms with van der Waals surface area (Å²) >= 11 is 0. The van der Waals surface area contributed by atoms with Crippen molar-refractivity contribution in [2.24, 2.45) is 5.92 Å². The molecule has 2 heterocycles. The third kappa shape index (κ3) is 7.28. The second-order valence-corrected chi connectivity index (χ2v) is 9.04. The number of alkyl halides is 1. The predicted molar refractivity (Wildman–Crippen MR) is 140 cm³/mol. The second-order valence-electron chi connectivity index (χ2n) is 9.04. The van der Waals surface area contributed by atoms with E-state index >= 15 is 0 Å². The maximum Gasteiger partial charge on any atom is 0.132 e. The van der Waals surface area contributed by atoms with Gasteiger partial charge in [0.15, 0.2) is 0 Å². The van der Waals surface area contributed by atoms with E-state index in [0.717, 1.165) is 41.1 Å². The number of rotatable bonds is 10. The summed E-state index contributed by atoms with van der Waals surface area (Å²) in [5.74, 6) is 0.251. The molecule has 0 radical (unpaired) electrons. The van der Waals surface area contributed by atoms with Gasteiger partial charge in [0.25, 0.3) is 0 Å². The summed E-state index contributed by atoms with van der Waals surface area (Å²) in [5, 5.41) is 9.22. The minimum atomic E-state index is -1.20. The molecule has 5 heteroatoms. The number of nitrogens with zero attached hydrogens (tertiary/aromatic N) is 1. The first-order valence-corrected chi connectivity index (χ1v) is 13.1. The minimum Gasteiger partial charge on any atom is -0.385 e. The molecule has 0 fully saturated rings. The van der Waals surface area contributed by atoms with Crippen LogP contribution in [0.2, 0.25) is 0 Å². The van der Waals surface area contributed by atoms with Gasteiger partial charge < -0.3 is 10.6 Å². The average molecular weight is 472 g/mol. The quantitative estimate of drug-likeness (QED) is 0.438. The Morgan fingerprint density at radius 3 is 2.53 bits per heavy atom. The lowest BCUT2D eigenvalue weighted by molar-refractivity contribution is 0.372. The van der Waals surface area contributed by atoms with Crippen molar-refractivity contribution in [2.75, 3.05) is 6.54 Å². The van der Waals surface area contributed by atoms with Crippen molar-refractivity contribution in [3.63, 3.8) is 0 Å². The van der Waals surface area contributed by atoms with Crippen LogP contribution in [0.15, 0.2) is 36.7 Å². The summed E-state index contributed by atoms with van der Waals surface area (Å²) in [6.45, 7) is 12.9. The molecule has 0 amide bonds. The van der Waals surface area contributed by atoms with Gasteiger partial charge in [-0.2, -0.15) is 0 Å². The van der Waals surface area contributed by atoms with Crippen LogP contribution >= 0.6 is 0 Å². The van der Waals surface area contributed by atoms with Gasteiger partial charge in [-0.05, 0) is 49.4 Å². The van der Waals surface area contributed by atoms with Crippen LogP contribution in [-0.2, 0) is 0 Å². The van der Waals surface area contributed by atoms with E-state index in [1.165, 1.54) is 32.3 Å². The summed E-state index contributed by atoms with van der Waals surface area (Å²) < 4.78 is 28.6. The molecule has 1 aliphatic rings. The van der Waals surface area contributed by atoms with E-state index in [1.54, 1.807) is 18.3 Å². The SMILES string of the molecule is CC.CCCCC(CC(C)CC)NC1=c2cnccc2=C(c2ccc(C(C)F)cc2F)NCC1. The van der Waals surface area contributed by atoms with Crippen molar-refractivity contribution < 1.29 is 8.78 Å². The van der Waals surface area contributed by atoms with Crippen LogP contribution in [-0.4, -0.2) is 17.6 Å². The lowest BCUT2D eigenvalue weighted by atomic mass is 9.95. The van der Waals surface area contributed by atoms with Crippen molar-refractivity contribution in [3.05, 3.63) is 64.0 Å². The molecule has 1 aromatic carbocycles. The van der Waals surface area contributed by atoms with Gasteiger partial charge in [-0.1, -0.05) is 59.9 Å². The van der Waals surface area contributed by atoms with E-state index in [4.69, 9.17) is 0 Å². The number of halogens is 2. The first-order chi connectivity index (χ1) is 16.4. The average Bonchev–Trinajstić information content (AvgIpc) is 3.03. The fourth-order valence-corrected chi connectivity index (χ4v) is 4.37. The molecule has 3 rings (SSSR count). The molecule has 0 bridgehead atoms. The van der Waals surface area contributed by atoms with E-state index in [0.29, 0.717) is 29.6 Å². The molecule has 0 saturated heterocycles.